The summed E-state index contributed by atoms with van der Waals surface area (Å²) in [5, 5.41) is 0. The second kappa shape index (κ2) is 6.13. The van der Waals surface area contributed by atoms with Crippen LogP contribution in [0.5, 0.6) is 0 Å². The van der Waals surface area contributed by atoms with Crippen LogP contribution in [0, 0.1) is 46.3 Å². The minimum absolute atomic E-state index is 0.478. The summed E-state index contributed by atoms with van der Waals surface area (Å²) >= 11 is 0. The second-order valence-electron chi connectivity index (χ2n) is 10.4. The van der Waals surface area contributed by atoms with E-state index >= 15 is 0 Å². The Bertz CT molecular complexity index is 484. The molecular weight excluding hydrogens is 292 g/mol. The van der Waals surface area contributed by atoms with Crippen LogP contribution in [0.2, 0.25) is 0 Å². The van der Waals surface area contributed by atoms with Crippen molar-refractivity contribution in [3.8, 4) is 0 Å². The van der Waals surface area contributed by atoms with Gasteiger partial charge in [-0.15, -0.1) is 0 Å². The van der Waals surface area contributed by atoms with E-state index in [-0.39, 0.29) is 0 Å². The van der Waals surface area contributed by atoms with Crippen molar-refractivity contribution in [2.75, 3.05) is 0 Å². The van der Waals surface area contributed by atoms with Gasteiger partial charge in [-0.25, -0.2) is 0 Å². The van der Waals surface area contributed by atoms with Crippen LogP contribution in [0.4, 0.5) is 0 Å². The molecule has 24 heavy (non-hydrogen) atoms. The highest BCUT2D eigenvalue weighted by Gasteiger charge is 2.59. The third kappa shape index (κ3) is 2.36. The maximum absolute atomic E-state index is 11.2. The van der Waals surface area contributed by atoms with Crippen molar-refractivity contribution in [2.45, 2.75) is 91.4 Å². The van der Waals surface area contributed by atoms with Crippen molar-refractivity contribution in [3.05, 3.63) is 0 Å². The van der Waals surface area contributed by atoms with Crippen LogP contribution in [-0.4, -0.2) is 6.29 Å². The van der Waals surface area contributed by atoms with E-state index in [1.165, 1.54) is 70.5 Å². The van der Waals surface area contributed by atoms with Gasteiger partial charge < -0.3 is 4.79 Å². The minimum Gasteiger partial charge on any atom is -0.303 e. The van der Waals surface area contributed by atoms with E-state index in [1.54, 1.807) is 0 Å². The molecular formula is C23H38O. The minimum atomic E-state index is 0.478. The van der Waals surface area contributed by atoms with Crippen molar-refractivity contribution in [1.82, 2.24) is 0 Å². The average Bonchev–Trinajstić information content (AvgIpc) is 2.91. The molecule has 4 rings (SSSR count). The monoisotopic (exact) mass is 330 g/mol. The number of fused-ring (bicyclic) bond motifs is 5. The number of carbonyl (C=O) groups excluding carboxylic acids is 1. The number of rotatable bonds is 3. The third-order valence-electron chi connectivity index (χ3n) is 9.93. The molecule has 0 bridgehead atoms. The van der Waals surface area contributed by atoms with E-state index in [2.05, 4.69) is 20.8 Å². The van der Waals surface area contributed by atoms with E-state index in [9.17, 15) is 4.79 Å². The molecule has 136 valence electrons. The predicted octanol–water partition coefficient (Wildman–Crippen LogP) is 6.26. The molecule has 0 aromatic heterocycles. The molecule has 4 fully saturated rings. The van der Waals surface area contributed by atoms with E-state index in [1.807, 2.05) is 0 Å². The van der Waals surface area contributed by atoms with Crippen LogP contribution in [0.15, 0.2) is 0 Å². The van der Waals surface area contributed by atoms with Gasteiger partial charge in [-0.1, -0.05) is 27.2 Å². The van der Waals surface area contributed by atoms with Gasteiger partial charge in [-0.3, -0.25) is 0 Å². The smallest absolute Gasteiger partial charge is 0.120 e. The molecule has 4 aliphatic carbocycles. The molecule has 0 N–H and O–H groups in total. The molecule has 0 saturated heterocycles. The fraction of sp³-hybridized carbons (Fsp3) is 0.957. The van der Waals surface area contributed by atoms with Crippen LogP contribution in [-0.2, 0) is 4.79 Å². The first-order chi connectivity index (χ1) is 11.5. The van der Waals surface area contributed by atoms with Crippen molar-refractivity contribution in [2.24, 2.45) is 46.3 Å². The Labute approximate surface area is 149 Å². The molecule has 1 nitrogen and oxygen atoms in total. The summed E-state index contributed by atoms with van der Waals surface area (Å²) in [4.78, 5) is 11.2. The number of carbonyl (C=O) groups is 1. The van der Waals surface area contributed by atoms with Gasteiger partial charge in [0.05, 0.1) is 0 Å². The van der Waals surface area contributed by atoms with E-state index in [0.29, 0.717) is 16.7 Å². The Morgan fingerprint density at radius 2 is 1.67 bits per heavy atom. The zero-order chi connectivity index (χ0) is 16.9. The van der Waals surface area contributed by atoms with Gasteiger partial charge in [0.25, 0.3) is 0 Å². The van der Waals surface area contributed by atoms with E-state index < -0.39 is 0 Å². The molecule has 0 aliphatic heterocycles. The Morgan fingerprint density at radius 3 is 2.42 bits per heavy atom. The van der Waals surface area contributed by atoms with Gasteiger partial charge >= 0.3 is 0 Å². The quantitative estimate of drug-likeness (QED) is 0.558. The van der Waals surface area contributed by atoms with Gasteiger partial charge in [-0.2, -0.15) is 0 Å². The summed E-state index contributed by atoms with van der Waals surface area (Å²) < 4.78 is 0. The van der Waals surface area contributed by atoms with Crippen molar-refractivity contribution in [3.63, 3.8) is 0 Å². The molecule has 4 aliphatic rings. The number of hydrogen-bond acceptors (Lipinski definition) is 1. The molecule has 0 heterocycles. The Balaban J connectivity index is 1.56. The Morgan fingerprint density at radius 1 is 0.917 bits per heavy atom. The van der Waals surface area contributed by atoms with Gasteiger partial charge in [-0.05, 0) is 104 Å². The highest BCUT2D eigenvalue weighted by molar-refractivity contribution is 5.50. The summed E-state index contributed by atoms with van der Waals surface area (Å²) in [6.45, 7) is 7.63. The highest BCUT2D eigenvalue weighted by atomic mass is 16.1. The molecule has 0 spiro atoms. The second-order valence-corrected chi connectivity index (χ2v) is 10.4. The molecule has 0 aromatic carbocycles. The fourth-order valence-electron chi connectivity index (χ4n) is 8.33. The van der Waals surface area contributed by atoms with Crippen molar-refractivity contribution in [1.29, 1.82) is 0 Å². The number of aldehydes is 1. The lowest BCUT2D eigenvalue weighted by atomic mass is 9.44. The Hall–Kier alpha value is -0.330. The maximum Gasteiger partial charge on any atom is 0.120 e. The van der Waals surface area contributed by atoms with Crippen LogP contribution in [0.25, 0.3) is 0 Å². The van der Waals surface area contributed by atoms with E-state index in [4.69, 9.17) is 0 Å². The normalized spacial score (nSPS) is 53.8. The molecule has 6 unspecified atom stereocenters. The zero-order valence-corrected chi connectivity index (χ0v) is 16.2. The zero-order valence-electron chi connectivity index (χ0n) is 16.2. The largest absolute Gasteiger partial charge is 0.303 e. The Kier molecular flexibility index (Phi) is 4.37. The third-order valence-corrected chi connectivity index (χ3v) is 9.93. The molecule has 1 heteroatoms. The fourth-order valence-corrected chi connectivity index (χ4v) is 8.33. The topological polar surface area (TPSA) is 17.1 Å². The molecule has 4 saturated carbocycles. The van der Waals surface area contributed by atoms with Crippen LogP contribution in [0.1, 0.15) is 91.4 Å². The van der Waals surface area contributed by atoms with Crippen LogP contribution in [0.3, 0.4) is 0 Å². The first kappa shape index (κ1) is 17.1. The highest BCUT2D eigenvalue weighted by Crippen LogP contribution is 2.68. The first-order valence-electron chi connectivity index (χ1n) is 11.0. The van der Waals surface area contributed by atoms with Crippen molar-refractivity contribution < 1.29 is 4.79 Å². The summed E-state index contributed by atoms with van der Waals surface area (Å²) in [5.41, 5.74) is 1.12. The van der Waals surface area contributed by atoms with E-state index in [0.717, 1.165) is 36.0 Å². The molecule has 8 atom stereocenters. The van der Waals surface area contributed by atoms with Gasteiger partial charge in [0.1, 0.15) is 6.29 Å². The molecule has 0 amide bonds. The van der Waals surface area contributed by atoms with Crippen LogP contribution < -0.4 is 0 Å². The maximum atomic E-state index is 11.2. The summed E-state index contributed by atoms with van der Waals surface area (Å²) in [7, 11) is 0. The summed E-state index contributed by atoms with van der Waals surface area (Å²) in [6, 6.07) is 0. The summed E-state index contributed by atoms with van der Waals surface area (Å²) in [6.07, 6.45) is 16.5. The van der Waals surface area contributed by atoms with Gasteiger partial charge in [0.15, 0.2) is 0 Å². The SMILES string of the molecule is CC[C@H]1CCC2(C)C3CCC4(C)C(CC=O)CCC4C3CC[C@@H]2C1. The van der Waals surface area contributed by atoms with Gasteiger partial charge in [0.2, 0.25) is 0 Å². The lowest BCUT2D eigenvalue weighted by molar-refractivity contribution is -0.122. The lowest BCUT2D eigenvalue weighted by Crippen LogP contribution is -2.53. The van der Waals surface area contributed by atoms with Crippen molar-refractivity contribution >= 4 is 6.29 Å². The molecule has 0 aromatic rings. The predicted molar refractivity (Wildman–Crippen MR) is 99.7 cm³/mol. The lowest BCUT2D eigenvalue weighted by Gasteiger charge is -2.61. The van der Waals surface area contributed by atoms with Gasteiger partial charge in [0, 0.05) is 6.42 Å². The first-order valence-corrected chi connectivity index (χ1v) is 11.0. The van der Waals surface area contributed by atoms with Crippen LogP contribution >= 0.6 is 0 Å². The average molecular weight is 331 g/mol. The number of hydrogen-bond donors (Lipinski definition) is 0. The molecule has 0 radical (unpaired) electrons. The summed E-state index contributed by atoms with van der Waals surface area (Å²) in [5.74, 6) is 5.58. The standard InChI is InChI=1S/C23H38O/c1-4-16-9-12-23(3)18(15-16)5-7-19-20-8-6-17(11-14-24)22(20,2)13-10-21(19)23/h14,16-21H,4-13,15H2,1-3H3/t16-,17?,18+,19?,20?,21?,22?,23?/m0/s1.